The number of nitrogens with zero attached hydrogens (tertiary/aromatic N) is 6. The van der Waals surface area contributed by atoms with Crippen molar-refractivity contribution in [3.05, 3.63) is 78.5 Å². The fourth-order valence-corrected chi connectivity index (χ4v) is 3.22. The molecule has 0 unspecified atom stereocenters. The van der Waals surface area contributed by atoms with Crippen molar-refractivity contribution in [2.45, 2.75) is 0 Å². The molecule has 2 heterocycles. The Hall–Kier alpha value is -5.26. The number of anilines is 3. The van der Waals surface area contributed by atoms with Crippen LogP contribution in [0.3, 0.4) is 0 Å². The van der Waals surface area contributed by atoms with Gasteiger partial charge in [0, 0.05) is 19.4 Å². The number of para-hydroxylation sites is 2. The number of rotatable bonds is 9. The molecule has 0 saturated carbocycles. The number of methoxy groups -OCH3 is 1. The van der Waals surface area contributed by atoms with Crippen LogP contribution < -0.4 is 21.1 Å². The molecular weight excluding hydrogens is 462 g/mol. The average Bonchev–Trinajstić information content (AvgIpc) is 3.33. The number of carbonyl (C=O) groups is 1. The van der Waals surface area contributed by atoms with E-state index in [0.717, 1.165) is 5.69 Å². The Labute approximate surface area is 206 Å². The van der Waals surface area contributed by atoms with Gasteiger partial charge in [-0.1, -0.05) is 24.3 Å². The highest BCUT2D eigenvalue weighted by Gasteiger charge is 2.19. The lowest BCUT2D eigenvalue weighted by Gasteiger charge is -2.15. The highest BCUT2D eigenvalue weighted by molar-refractivity contribution is 5.94. The standard InChI is InChI=1S/C24H23N9O3/c1-33-14-28-21(32-33)17-9-6-10-19(20(17)36-2)30-22-18(23(34)35)13-27-24(31-22)29-16(11-25)12-26-15-7-4-3-5-8-15/h3-14H,25H2,1-2H3,(H,34,35)(H2,27,29,30,31)/b16-11+,26-12?. The van der Waals surface area contributed by atoms with Crippen molar-refractivity contribution < 1.29 is 14.6 Å². The van der Waals surface area contributed by atoms with E-state index in [1.54, 1.807) is 36.3 Å². The third kappa shape index (κ3) is 5.44. The van der Waals surface area contributed by atoms with E-state index < -0.39 is 5.97 Å². The molecule has 4 aromatic rings. The number of ether oxygens (including phenoxy) is 1. The van der Waals surface area contributed by atoms with Crippen LogP contribution in [0.5, 0.6) is 5.75 Å². The van der Waals surface area contributed by atoms with E-state index >= 15 is 0 Å². The van der Waals surface area contributed by atoms with E-state index in [1.807, 2.05) is 30.3 Å². The Morgan fingerprint density at radius 1 is 1.17 bits per heavy atom. The quantitative estimate of drug-likeness (QED) is 0.258. The molecule has 0 fully saturated rings. The van der Waals surface area contributed by atoms with E-state index in [2.05, 4.69) is 35.7 Å². The molecule has 0 aliphatic carbocycles. The molecular formula is C24H23N9O3. The summed E-state index contributed by atoms with van der Waals surface area (Å²) in [7, 11) is 3.26. The average molecular weight is 486 g/mol. The third-order valence-electron chi connectivity index (χ3n) is 4.88. The first-order valence-corrected chi connectivity index (χ1v) is 10.7. The SMILES string of the molecule is COc1c(Nc2nc(N/C(C=Nc3ccccc3)=C/N)ncc2C(=O)O)cccc1-c1ncn(C)n1. The number of aromatic nitrogens is 5. The molecule has 0 saturated heterocycles. The Kier molecular flexibility index (Phi) is 7.15. The maximum absolute atomic E-state index is 11.9. The van der Waals surface area contributed by atoms with Gasteiger partial charge in [-0.15, -0.1) is 0 Å². The largest absolute Gasteiger partial charge is 0.494 e. The second kappa shape index (κ2) is 10.8. The molecule has 12 nitrogen and oxygen atoms in total. The summed E-state index contributed by atoms with van der Waals surface area (Å²) in [6, 6.07) is 14.6. The molecule has 0 aliphatic rings. The molecule has 0 spiro atoms. The fraction of sp³-hybridized carbons (Fsp3) is 0.0833. The number of nitrogens with one attached hydrogen (secondary N) is 2. The number of nitrogens with two attached hydrogens (primary N) is 1. The molecule has 182 valence electrons. The van der Waals surface area contributed by atoms with Gasteiger partial charge in [0.25, 0.3) is 0 Å². The highest BCUT2D eigenvalue weighted by Crippen LogP contribution is 2.36. The van der Waals surface area contributed by atoms with E-state index in [9.17, 15) is 9.90 Å². The summed E-state index contributed by atoms with van der Waals surface area (Å²) in [5.41, 5.74) is 7.82. The van der Waals surface area contributed by atoms with Crippen LogP contribution in [-0.4, -0.2) is 49.1 Å². The molecule has 12 heteroatoms. The number of benzene rings is 2. The summed E-state index contributed by atoms with van der Waals surface area (Å²) >= 11 is 0. The third-order valence-corrected chi connectivity index (χ3v) is 4.88. The second-order valence-electron chi connectivity index (χ2n) is 7.36. The first kappa shape index (κ1) is 23.9. The van der Waals surface area contributed by atoms with Crippen molar-refractivity contribution in [3.63, 3.8) is 0 Å². The van der Waals surface area contributed by atoms with Crippen molar-refractivity contribution in [2.24, 2.45) is 17.8 Å². The number of aryl methyl sites for hydroxylation is 1. The van der Waals surface area contributed by atoms with Gasteiger partial charge in [0.1, 0.15) is 11.9 Å². The zero-order chi connectivity index (χ0) is 25.5. The van der Waals surface area contributed by atoms with E-state index in [4.69, 9.17) is 10.5 Å². The van der Waals surface area contributed by atoms with E-state index in [-0.39, 0.29) is 17.3 Å². The van der Waals surface area contributed by atoms with Crippen molar-refractivity contribution in [2.75, 3.05) is 17.7 Å². The number of aromatic carboxylic acids is 1. The lowest BCUT2D eigenvalue weighted by Crippen LogP contribution is -2.12. The van der Waals surface area contributed by atoms with Crippen LogP contribution in [0.15, 0.2) is 77.9 Å². The number of hydrogen-bond acceptors (Lipinski definition) is 10. The van der Waals surface area contributed by atoms with Gasteiger partial charge in [-0.25, -0.2) is 14.8 Å². The van der Waals surface area contributed by atoms with Gasteiger partial charge in [-0.05, 0) is 24.3 Å². The van der Waals surface area contributed by atoms with Gasteiger partial charge in [-0.2, -0.15) is 10.1 Å². The number of hydrogen-bond donors (Lipinski definition) is 4. The zero-order valence-corrected chi connectivity index (χ0v) is 19.5. The highest BCUT2D eigenvalue weighted by atomic mass is 16.5. The van der Waals surface area contributed by atoms with Crippen LogP contribution >= 0.6 is 0 Å². The normalized spacial score (nSPS) is 11.4. The van der Waals surface area contributed by atoms with Crippen LogP contribution in [0, 0.1) is 0 Å². The van der Waals surface area contributed by atoms with Gasteiger partial charge in [0.15, 0.2) is 17.4 Å². The minimum Gasteiger partial charge on any atom is -0.494 e. The summed E-state index contributed by atoms with van der Waals surface area (Å²) in [5, 5.41) is 20.0. The summed E-state index contributed by atoms with van der Waals surface area (Å²) in [5.74, 6) is -0.172. The van der Waals surface area contributed by atoms with Crippen molar-refractivity contribution >= 4 is 35.3 Å². The molecule has 4 rings (SSSR count). The molecule has 5 N–H and O–H groups in total. The Bertz CT molecular complexity index is 1430. The summed E-state index contributed by atoms with van der Waals surface area (Å²) in [6.45, 7) is 0. The minimum atomic E-state index is -1.20. The predicted molar refractivity (Wildman–Crippen MR) is 136 cm³/mol. The van der Waals surface area contributed by atoms with Crippen molar-refractivity contribution in [3.8, 4) is 17.1 Å². The number of carboxylic acids is 1. The molecule has 36 heavy (non-hydrogen) atoms. The maximum Gasteiger partial charge on any atom is 0.341 e. The van der Waals surface area contributed by atoms with Crippen molar-refractivity contribution in [1.82, 2.24) is 24.7 Å². The lowest BCUT2D eigenvalue weighted by molar-refractivity contribution is 0.0697. The number of aliphatic imine (C=N–C) groups is 1. The molecule has 2 aromatic carbocycles. The summed E-state index contributed by atoms with van der Waals surface area (Å²) in [6.07, 6.45) is 5.59. The van der Waals surface area contributed by atoms with Gasteiger partial charge >= 0.3 is 5.97 Å². The van der Waals surface area contributed by atoms with Crippen LogP contribution in [-0.2, 0) is 7.05 Å². The summed E-state index contributed by atoms with van der Waals surface area (Å²) < 4.78 is 7.17. The lowest BCUT2D eigenvalue weighted by atomic mass is 10.1. The number of carboxylic acid groups (broad SMARTS) is 1. The Morgan fingerprint density at radius 3 is 2.64 bits per heavy atom. The van der Waals surface area contributed by atoms with Crippen LogP contribution in [0.25, 0.3) is 11.4 Å². The van der Waals surface area contributed by atoms with Gasteiger partial charge in [0.05, 0.1) is 36.0 Å². The maximum atomic E-state index is 11.9. The molecule has 0 radical (unpaired) electrons. The molecule has 0 atom stereocenters. The van der Waals surface area contributed by atoms with Crippen molar-refractivity contribution in [1.29, 1.82) is 0 Å². The smallest absolute Gasteiger partial charge is 0.341 e. The second-order valence-corrected chi connectivity index (χ2v) is 7.36. The van der Waals surface area contributed by atoms with Gasteiger partial charge in [-0.3, -0.25) is 9.67 Å². The predicted octanol–water partition coefficient (Wildman–Crippen LogP) is 3.34. The molecule has 2 aromatic heterocycles. The molecule has 0 bridgehead atoms. The molecule has 0 aliphatic heterocycles. The minimum absolute atomic E-state index is 0.0424. The topological polar surface area (TPSA) is 165 Å². The Balaban J connectivity index is 1.65. The zero-order valence-electron chi connectivity index (χ0n) is 19.5. The van der Waals surface area contributed by atoms with Gasteiger partial charge < -0.3 is 26.2 Å². The number of allylic oxidation sites excluding steroid dienone is 1. The first-order chi connectivity index (χ1) is 17.5. The van der Waals surface area contributed by atoms with Crippen LogP contribution in [0.4, 0.5) is 23.1 Å². The summed E-state index contributed by atoms with van der Waals surface area (Å²) in [4.78, 5) is 28.9. The fourth-order valence-electron chi connectivity index (χ4n) is 3.22. The molecule has 0 amide bonds. The monoisotopic (exact) mass is 485 g/mol. The van der Waals surface area contributed by atoms with E-state index in [0.29, 0.717) is 28.5 Å². The van der Waals surface area contributed by atoms with E-state index in [1.165, 1.54) is 25.7 Å². The Morgan fingerprint density at radius 2 is 1.97 bits per heavy atom. The van der Waals surface area contributed by atoms with Gasteiger partial charge in [0.2, 0.25) is 5.95 Å². The van der Waals surface area contributed by atoms with Crippen LogP contribution in [0.2, 0.25) is 0 Å². The first-order valence-electron chi connectivity index (χ1n) is 10.7. The van der Waals surface area contributed by atoms with Crippen LogP contribution in [0.1, 0.15) is 10.4 Å².